The van der Waals surface area contributed by atoms with Crippen LogP contribution in [0.5, 0.6) is 0 Å². The van der Waals surface area contributed by atoms with Gasteiger partial charge in [-0.25, -0.2) is 18.2 Å². The first kappa shape index (κ1) is 24.2. The molecule has 2 atom stereocenters. The van der Waals surface area contributed by atoms with Crippen LogP contribution >= 0.6 is 34.4 Å². The summed E-state index contributed by atoms with van der Waals surface area (Å²) in [4.78, 5) is 42.8. The second-order valence-corrected chi connectivity index (χ2v) is 12.3. The van der Waals surface area contributed by atoms with E-state index in [4.69, 9.17) is 5.73 Å². The highest BCUT2D eigenvalue weighted by atomic mass is 32.2. The van der Waals surface area contributed by atoms with E-state index in [2.05, 4.69) is 15.5 Å². The minimum Gasteiger partial charge on any atom is -0.477 e. The van der Waals surface area contributed by atoms with Crippen molar-refractivity contribution in [2.75, 3.05) is 17.2 Å². The number of fused-ring (bicyclic) bond motifs is 1. The van der Waals surface area contributed by atoms with Gasteiger partial charge in [0.1, 0.15) is 22.8 Å². The van der Waals surface area contributed by atoms with Crippen LogP contribution in [0, 0.1) is 0 Å². The fraction of sp³-hybridized carbons (Fsp3) is 0.278. The number of carboxylic acid groups (broad SMARTS) is 1. The number of hydrogen-bond donors (Lipinski definition) is 4. The minimum absolute atomic E-state index is 0.0202. The highest BCUT2D eigenvalue weighted by Crippen LogP contribution is 2.41. The van der Waals surface area contributed by atoms with Crippen molar-refractivity contribution >= 4 is 72.9 Å². The van der Waals surface area contributed by atoms with Gasteiger partial charge in [-0.05, 0) is 17.0 Å². The van der Waals surface area contributed by atoms with Crippen LogP contribution in [0.25, 0.3) is 0 Å². The molecule has 4 rings (SSSR count). The van der Waals surface area contributed by atoms with Crippen LogP contribution < -0.4 is 11.1 Å². The first-order valence-electron chi connectivity index (χ1n) is 9.48. The Morgan fingerprint density at radius 2 is 2.09 bits per heavy atom. The average molecular weight is 544 g/mol. The Kier molecular flexibility index (Phi) is 6.66. The summed E-state index contributed by atoms with van der Waals surface area (Å²) < 4.78 is 25.3. The second-order valence-electron chi connectivity index (χ2n) is 7.25. The van der Waals surface area contributed by atoms with Gasteiger partial charge in [-0.15, -0.1) is 34.4 Å². The zero-order valence-corrected chi connectivity index (χ0v) is 20.3. The molecule has 0 saturated carbocycles. The highest BCUT2D eigenvalue weighted by Gasteiger charge is 2.54. The molecule has 2 aliphatic heterocycles. The Hall–Kier alpha value is -2.95. The van der Waals surface area contributed by atoms with Gasteiger partial charge in [-0.1, -0.05) is 11.2 Å². The quantitative estimate of drug-likeness (QED) is 0.156. The number of nitrogens with one attached hydrogen (secondary N) is 1. The van der Waals surface area contributed by atoms with Crippen LogP contribution in [0.4, 0.5) is 5.13 Å². The van der Waals surface area contributed by atoms with E-state index in [0.717, 1.165) is 28.0 Å². The Morgan fingerprint density at radius 1 is 1.32 bits per heavy atom. The normalized spacial score (nSPS) is 20.6. The lowest BCUT2D eigenvalue weighted by Gasteiger charge is -2.49. The first-order valence-corrected chi connectivity index (χ1v) is 14.1. The third-order valence-electron chi connectivity index (χ3n) is 4.95. The predicted molar refractivity (Wildman–Crippen MR) is 126 cm³/mol. The maximum Gasteiger partial charge on any atom is 0.352 e. The van der Waals surface area contributed by atoms with Gasteiger partial charge in [0.15, 0.2) is 20.7 Å². The van der Waals surface area contributed by atoms with Gasteiger partial charge in [-0.3, -0.25) is 14.5 Å². The number of aromatic nitrogens is 1. The number of nitrogens with zero attached hydrogens (tertiary/aromatic N) is 3. The number of thiazole rings is 1. The number of nitrogens with two attached hydrogens (primary N) is 1. The summed E-state index contributed by atoms with van der Waals surface area (Å²) in [7, 11) is -3.67. The van der Waals surface area contributed by atoms with Crippen molar-refractivity contribution in [3.8, 4) is 0 Å². The molecule has 2 amide bonds. The predicted octanol–water partition coefficient (Wildman–Crippen LogP) is 0.319. The monoisotopic (exact) mass is 543 g/mol. The van der Waals surface area contributed by atoms with Crippen LogP contribution in [-0.4, -0.2) is 75.0 Å². The molecule has 0 radical (unpaired) electrons. The van der Waals surface area contributed by atoms with Gasteiger partial charge in [-0.2, -0.15) is 0 Å². The number of anilines is 1. The lowest BCUT2D eigenvalue weighted by Crippen LogP contribution is -2.71. The third kappa shape index (κ3) is 4.66. The van der Waals surface area contributed by atoms with Crippen molar-refractivity contribution in [1.82, 2.24) is 15.2 Å². The van der Waals surface area contributed by atoms with E-state index in [9.17, 15) is 33.1 Å². The number of carboxylic acids is 1. The zero-order chi connectivity index (χ0) is 24.6. The molecule has 16 heteroatoms. The van der Waals surface area contributed by atoms with Gasteiger partial charge in [0, 0.05) is 16.0 Å². The molecule has 1 saturated heterocycles. The topological polar surface area (TPSA) is 192 Å². The molecule has 1 unspecified atom stereocenters. The molecule has 2 aliphatic rings. The fourth-order valence-electron chi connectivity index (χ4n) is 3.54. The van der Waals surface area contributed by atoms with E-state index < -0.39 is 56.2 Å². The maximum absolute atomic E-state index is 12.8. The molecular formula is C18H17N5O7S4. The number of carbonyl (C=O) groups is 3. The number of β-lactam (4-membered cyclic amide) rings is 1. The van der Waals surface area contributed by atoms with Gasteiger partial charge >= 0.3 is 5.97 Å². The molecule has 5 N–H and O–H groups in total. The number of amides is 2. The van der Waals surface area contributed by atoms with Crippen LogP contribution in [0.1, 0.15) is 10.6 Å². The summed E-state index contributed by atoms with van der Waals surface area (Å²) in [6, 6.07) is 2.31. The van der Waals surface area contributed by atoms with Crippen molar-refractivity contribution in [1.29, 1.82) is 0 Å². The molecular weight excluding hydrogens is 526 g/mol. The average Bonchev–Trinajstić information content (AvgIpc) is 3.43. The largest absolute Gasteiger partial charge is 0.477 e. The summed E-state index contributed by atoms with van der Waals surface area (Å²) in [5.41, 5.74) is 4.82. The molecule has 2 aromatic rings. The molecule has 4 heterocycles. The molecule has 180 valence electrons. The molecule has 0 aliphatic carbocycles. The molecule has 34 heavy (non-hydrogen) atoms. The maximum atomic E-state index is 12.8. The molecule has 12 nitrogen and oxygen atoms in total. The number of carbonyl (C=O) groups excluding carboxylic acids is 2. The number of thiophene rings is 1. The van der Waals surface area contributed by atoms with Crippen molar-refractivity contribution in [3.05, 3.63) is 44.7 Å². The van der Waals surface area contributed by atoms with E-state index in [1.165, 1.54) is 16.7 Å². The first-order chi connectivity index (χ1) is 16.1. The van der Waals surface area contributed by atoms with Gasteiger partial charge in [0.05, 0.1) is 11.5 Å². The molecule has 0 spiro atoms. The Morgan fingerprint density at radius 3 is 2.68 bits per heavy atom. The Balaban J connectivity index is 1.51. The molecule has 1 fully saturated rings. The number of aliphatic carboxylic acids is 1. The van der Waals surface area contributed by atoms with Crippen LogP contribution in [0.15, 0.2) is 39.3 Å². The smallest absolute Gasteiger partial charge is 0.352 e. The third-order valence-corrected chi connectivity index (χ3v) is 9.56. The summed E-state index contributed by atoms with van der Waals surface area (Å²) in [5.74, 6) is -3.72. The molecule has 2 aromatic heterocycles. The molecule has 0 aromatic carbocycles. The standard InChI is InChI=1S/C18H17N5O7S4/c19-18-20-10(5-33-18)11(22-28)14(24)21-12-15(25)23-13(17(26)27)8(4-32-16(12)23)6-34(29,30)7-9-2-1-3-31-9/h1-3,5,12,16,28H,4,6-7H2,(H2,19,20)(H,21,24)(H,26,27)/b22-11-/t12?,16-/m1/s1. The second kappa shape index (κ2) is 9.36. The van der Waals surface area contributed by atoms with E-state index in [1.807, 2.05) is 0 Å². The summed E-state index contributed by atoms with van der Waals surface area (Å²) in [6.45, 7) is 0. The lowest BCUT2D eigenvalue weighted by molar-refractivity contribution is -0.150. The van der Waals surface area contributed by atoms with Crippen LogP contribution in [-0.2, 0) is 30.0 Å². The van der Waals surface area contributed by atoms with E-state index in [-0.39, 0.29) is 27.9 Å². The van der Waals surface area contributed by atoms with Crippen molar-refractivity contribution < 1.29 is 33.1 Å². The fourth-order valence-corrected chi connectivity index (χ4v) is 8.27. The van der Waals surface area contributed by atoms with Crippen molar-refractivity contribution in [2.45, 2.75) is 17.2 Å². The van der Waals surface area contributed by atoms with Gasteiger partial charge in [0.2, 0.25) is 0 Å². The highest BCUT2D eigenvalue weighted by molar-refractivity contribution is 8.00. The number of nitrogen functional groups attached to an aromatic ring is 1. The number of thioether (sulfide) groups is 1. The number of sulfone groups is 1. The Bertz CT molecular complexity index is 1320. The Labute approximate surface area is 205 Å². The number of hydrogen-bond acceptors (Lipinski definition) is 12. The van der Waals surface area contributed by atoms with Crippen molar-refractivity contribution in [3.63, 3.8) is 0 Å². The molecule has 0 bridgehead atoms. The number of rotatable bonds is 8. The SMILES string of the molecule is Nc1nc(/C(=N/O)C(=O)NC2C(=O)N3C(C(=O)O)=C(CS(=O)(=O)Cc4cccs4)CS[C@H]23)cs1. The number of oxime groups is 1. The summed E-state index contributed by atoms with van der Waals surface area (Å²) >= 11 is 3.44. The summed E-state index contributed by atoms with van der Waals surface area (Å²) in [6.07, 6.45) is 0. The lowest BCUT2D eigenvalue weighted by atomic mass is 10.0. The van der Waals surface area contributed by atoms with Gasteiger partial charge < -0.3 is 21.4 Å². The van der Waals surface area contributed by atoms with E-state index in [0.29, 0.717) is 4.88 Å². The van der Waals surface area contributed by atoms with Crippen LogP contribution in [0.2, 0.25) is 0 Å². The minimum atomic E-state index is -3.67. The zero-order valence-electron chi connectivity index (χ0n) is 17.1. The van der Waals surface area contributed by atoms with E-state index in [1.54, 1.807) is 17.5 Å². The van der Waals surface area contributed by atoms with Gasteiger partial charge in [0.25, 0.3) is 11.8 Å². The summed E-state index contributed by atoms with van der Waals surface area (Å²) in [5, 5.41) is 26.9. The van der Waals surface area contributed by atoms with Crippen LogP contribution in [0.3, 0.4) is 0 Å². The van der Waals surface area contributed by atoms with Crippen molar-refractivity contribution in [2.24, 2.45) is 5.16 Å². The van der Waals surface area contributed by atoms with E-state index >= 15 is 0 Å².